The summed E-state index contributed by atoms with van der Waals surface area (Å²) in [5, 5.41) is 6.92. The molecule has 3 heterocycles. The lowest BCUT2D eigenvalue weighted by atomic mass is 10.1. The first-order chi connectivity index (χ1) is 11.6. The smallest absolute Gasteiger partial charge is 0.256 e. The first kappa shape index (κ1) is 17.0. The van der Waals surface area contributed by atoms with Crippen LogP contribution in [-0.4, -0.2) is 41.9 Å². The SMILES string of the molecule is CNc1snc(C)c1C(=O)NC[C@H](c1ccc(C)o1)N1CCCC1. The Labute approximate surface area is 146 Å². The van der Waals surface area contributed by atoms with E-state index in [9.17, 15) is 4.79 Å². The average molecular weight is 348 g/mol. The van der Waals surface area contributed by atoms with Gasteiger partial charge in [-0.25, -0.2) is 0 Å². The number of carbonyl (C=O) groups excluding carboxylic acids is 1. The second-order valence-corrected chi connectivity index (χ2v) is 6.91. The zero-order chi connectivity index (χ0) is 17.1. The summed E-state index contributed by atoms with van der Waals surface area (Å²) in [6.45, 7) is 6.43. The van der Waals surface area contributed by atoms with E-state index in [2.05, 4.69) is 19.9 Å². The van der Waals surface area contributed by atoms with Crippen molar-refractivity contribution in [2.45, 2.75) is 32.7 Å². The first-order valence-electron chi connectivity index (χ1n) is 8.32. The lowest BCUT2D eigenvalue weighted by molar-refractivity contribution is 0.0934. The maximum Gasteiger partial charge on any atom is 0.256 e. The van der Waals surface area contributed by atoms with Gasteiger partial charge in [-0.3, -0.25) is 9.69 Å². The second-order valence-electron chi connectivity index (χ2n) is 6.14. The third-order valence-corrected chi connectivity index (χ3v) is 5.40. The third kappa shape index (κ3) is 3.47. The highest BCUT2D eigenvalue weighted by Crippen LogP contribution is 2.27. The molecule has 3 rings (SSSR count). The van der Waals surface area contributed by atoms with E-state index in [0.29, 0.717) is 12.1 Å². The van der Waals surface area contributed by atoms with Gasteiger partial charge in [0, 0.05) is 13.6 Å². The predicted octanol–water partition coefficient (Wildman–Crippen LogP) is 2.96. The Balaban J connectivity index is 1.73. The van der Waals surface area contributed by atoms with E-state index in [-0.39, 0.29) is 11.9 Å². The molecule has 2 aromatic rings. The normalized spacial score (nSPS) is 16.3. The number of likely N-dealkylation sites (tertiary alicyclic amines) is 1. The van der Waals surface area contributed by atoms with Gasteiger partial charge in [-0.05, 0) is 63.4 Å². The van der Waals surface area contributed by atoms with Gasteiger partial charge in [0.2, 0.25) is 0 Å². The molecule has 7 heteroatoms. The summed E-state index contributed by atoms with van der Waals surface area (Å²) >= 11 is 1.31. The van der Waals surface area contributed by atoms with Crippen molar-refractivity contribution >= 4 is 22.4 Å². The number of carbonyl (C=O) groups is 1. The summed E-state index contributed by atoms with van der Waals surface area (Å²) < 4.78 is 10.1. The van der Waals surface area contributed by atoms with Crippen molar-refractivity contribution in [3.8, 4) is 0 Å². The van der Waals surface area contributed by atoms with Gasteiger partial charge in [-0.1, -0.05) is 0 Å². The highest BCUT2D eigenvalue weighted by molar-refractivity contribution is 7.10. The van der Waals surface area contributed by atoms with Gasteiger partial charge in [0.1, 0.15) is 16.5 Å². The Morgan fingerprint density at radius 2 is 2.12 bits per heavy atom. The van der Waals surface area contributed by atoms with Gasteiger partial charge in [0.15, 0.2) is 0 Å². The minimum absolute atomic E-state index is 0.0788. The van der Waals surface area contributed by atoms with E-state index < -0.39 is 0 Å². The average Bonchev–Trinajstić information content (AvgIpc) is 3.29. The molecule has 1 saturated heterocycles. The van der Waals surface area contributed by atoms with Crippen molar-refractivity contribution in [1.29, 1.82) is 0 Å². The summed E-state index contributed by atoms with van der Waals surface area (Å²) in [5.41, 5.74) is 1.40. The van der Waals surface area contributed by atoms with Gasteiger partial charge in [-0.2, -0.15) is 4.37 Å². The van der Waals surface area contributed by atoms with E-state index in [4.69, 9.17) is 4.42 Å². The molecule has 0 unspecified atom stereocenters. The highest BCUT2D eigenvalue weighted by atomic mass is 32.1. The number of amides is 1. The molecular formula is C17H24N4O2S. The molecular weight excluding hydrogens is 324 g/mol. The van der Waals surface area contributed by atoms with Crippen LogP contribution < -0.4 is 10.6 Å². The van der Waals surface area contributed by atoms with Crippen LogP contribution in [0.25, 0.3) is 0 Å². The number of anilines is 1. The van der Waals surface area contributed by atoms with Gasteiger partial charge in [0.05, 0.1) is 17.3 Å². The van der Waals surface area contributed by atoms with Crippen molar-refractivity contribution < 1.29 is 9.21 Å². The predicted molar refractivity (Wildman–Crippen MR) is 95.7 cm³/mol. The molecule has 0 aliphatic carbocycles. The highest BCUT2D eigenvalue weighted by Gasteiger charge is 2.27. The van der Waals surface area contributed by atoms with Gasteiger partial charge < -0.3 is 15.1 Å². The number of nitrogens with zero attached hydrogens (tertiary/aromatic N) is 2. The fourth-order valence-corrected chi connectivity index (χ4v) is 3.92. The Kier molecular flexibility index (Phi) is 5.20. The molecule has 1 atom stereocenters. The van der Waals surface area contributed by atoms with Crippen LogP contribution in [0.5, 0.6) is 0 Å². The molecule has 2 aromatic heterocycles. The lowest BCUT2D eigenvalue weighted by Gasteiger charge is -2.26. The van der Waals surface area contributed by atoms with Crippen LogP contribution >= 0.6 is 11.5 Å². The fraction of sp³-hybridized carbons (Fsp3) is 0.529. The molecule has 1 aliphatic heterocycles. The summed E-state index contributed by atoms with van der Waals surface area (Å²) in [7, 11) is 1.81. The van der Waals surface area contributed by atoms with Crippen molar-refractivity contribution in [3.05, 3.63) is 34.9 Å². The molecule has 0 spiro atoms. The van der Waals surface area contributed by atoms with Crippen molar-refractivity contribution in [2.24, 2.45) is 0 Å². The second kappa shape index (κ2) is 7.36. The number of nitrogens with one attached hydrogen (secondary N) is 2. The fourth-order valence-electron chi connectivity index (χ4n) is 3.18. The maximum absolute atomic E-state index is 12.6. The number of hydrogen-bond acceptors (Lipinski definition) is 6. The quantitative estimate of drug-likeness (QED) is 0.840. The van der Waals surface area contributed by atoms with Crippen LogP contribution in [0.3, 0.4) is 0 Å². The summed E-state index contributed by atoms with van der Waals surface area (Å²) in [6.07, 6.45) is 2.39. The Hall–Kier alpha value is -1.86. The minimum Gasteiger partial charge on any atom is -0.465 e. The molecule has 1 fully saturated rings. The molecule has 0 saturated carbocycles. The molecule has 0 aromatic carbocycles. The zero-order valence-corrected chi connectivity index (χ0v) is 15.2. The van der Waals surface area contributed by atoms with Gasteiger partial charge in [0.25, 0.3) is 5.91 Å². The van der Waals surface area contributed by atoms with E-state index in [1.54, 1.807) is 0 Å². The standard InChI is InChI=1S/C17H24N4O2S/c1-11-6-7-14(23-11)13(21-8-4-5-9-21)10-19-16(22)15-12(2)20-24-17(15)18-3/h6-7,13,18H,4-5,8-10H2,1-3H3,(H,19,22)/t13-/m1/s1. The number of hydrogen-bond donors (Lipinski definition) is 2. The van der Waals surface area contributed by atoms with Crippen molar-refractivity contribution in [2.75, 3.05) is 32.0 Å². The molecule has 2 N–H and O–H groups in total. The minimum atomic E-state index is -0.0851. The molecule has 0 bridgehead atoms. The maximum atomic E-state index is 12.6. The Morgan fingerprint density at radius 3 is 2.75 bits per heavy atom. The summed E-state index contributed by atoms with van der Waals surface area (Å²) in [4.78, 5) is 15.0. The van der Waals surface area contributed by atoms with Crippen molar-refractivity contribution in [1.82, 2.24) is 14.6 Å². The molecule has 24 heavy (non-hydrogen) atoms. The van der Waals surface area contributed by atoms with E-state index in [1.165, 1.54) is 24.4 Å². The van der Waals surface area contributed by atoms with Crippen LogP contribution in [0.2, 0.25) is 0 Å². The number of aromatic nitrogens is 1. The van der Waals surface area contributed by atoms with Crippen LogP contribution in [-0.2, 0) is 0 Å². The molecule has 0 radical (unpaired) electrons. The van der Waals surface area contributed by atoms with Crippen LogP contribution in [0.4, 0.5) is 5.00 Å². The van der Waals surface area contributed by atoms with E-state index in [1.807, 2.05) is 33.0 Å². The van der Waals surface area contributed by atoms with Crippen molar-refractivity contribution in [3.63, 3.8) is 0 Å². The zero-order valence-electron chi connectivity index (χ0n) is 14.4. The Bertz CT molecular complexity index is 703. The van der Waals surface area contributed by atoms with Gasteiger partial charge in [-0.15, -0.1) is 0 Å². The van der Waals surface area contributed by atoms with Gasteiger partial charge >= 0.3 is 0 Å². The third-order valence-electron chi connectivity index (χ3n) is 4.44. The lowest BCUT2D eigenvalue weighted by Crippen LogP contribution is -2.36. The number of rotatable bonds is 6. The Morgan fingerprint density at radius 1 is 1.38 bits per heavy atom. The monoisotopic (exact) mass is 348 g/mol. The number of aryl methyl sites for hydroxylation is 2. The summed E-state index contributed by atoms with van der Waals surface area (Å²) in [5.74, 6) is 1.73. The summed E-state index contributed by atoms with van der Waals surface area (Å²) in [6, 6.07) is 4.07. The van der Waals surface area contributed by atoms with E-state index in [0.717, 1.165) is 35.3 Å². The van der Waals surface area contributed by atoms with Crippen LogP contribution in [0, 0.1) is 13.8 Å². The number of furan rings is 1. The van der Waals surface area contributed by atoms with Crippen LogP contribution in [0.15, 0.2) is 16.5 Å². The first-order valence-corrected chi connectivity index (χ1v) is 9.10. The van der Waals surface area contributed by atoms with E-state index >= 15 is 0 Å². The largest absolute Gasteiger partial charge is 0.465 e. The van der Waals surface area contributed by atoms with Crippen LogP contribution in [0.1, 0.15) is 46.5 Å². The molecule has 6 nitrogen and oxygen atoms in total. The molecule has 130 valence electrons. The molecule has 1 aliphatic rings. The topological polar surface area (TPSA) is 70.4 Å². The molecule has 1 amide bonds.